The molecule has 18 heavy (non-hydrogen) atoms. The topological polar surface area (TPSA) is 27.1 Å². The van der Waals surface area contributed by atoms with Gasteiger partial charge in [-0.15, -0.1) is 0 Å². The molecule has 1 aromatic carbocycles. The SMILES string of the molecule is c1ccc(COc2cnn(C3CCCC3)c2)cc1. The van der Waals surface area contributed by atoms with Gasteiger partial charge in [-0.1, -0.05) is 43.2 Å². The van der Waals surface area contributed by atoms with E-state index in [1.54, 1.807) is 0 Å². The first-order valence-electron chi connectivity index (χ1n) is 6.63. The van der Waals surface area contributed by atoms with Crippen molar-refractivity contribution >= 4 is 0 Å². The summed E-state index contributed by atoms with van der Waals surface area (Å²) < 4.78 is 7.81. The van der Waals surface area contributed by atoms with Crippen molar-refractivity contribution in [1.29, 1.82) is 0 Å². The molecule has 0 saturated heterocycles. The molecule has 0 radical (unpaired) electrons. The Hall–Kier alpha value is -1.77. The van der Waals surface area contributed by atoms with E-state index in [2.05, 4.69) is 21.9 Å². The van der Waals surface area contributed by atoms with Crippen LogP contribution in [0.3, 0.4) is 0 Å². The zero-order chi connectivity index (χ0) is 12.2. The number of benzene rings is 1. The Morgan fingerprint density at radius 1 is 1.17 bits per heavy atom. The van der Waals surface area contributed by atoms with Gasteiger partial charge in [-0.3, -0.25) is 4.68 Å². The number of aromatic nitrogens is 2. The van der Waals surface area contributed by atoms with Crippen LogP contribution in [0.15, 0.2) is 42.7 Å². The lowest BCUT2D eigenvalue weighted by molar-refractivity contribution is 0.305. The van der Waals surface area contributed by atoms with Crippen molar-refractivity contribution < 1.29 is 4.74 Å². The van der Waals surface area contributed by atoms with Crippen LogP contribution in [0.5, 0.6) is 5.75 Å². The highest BCUT2D eigenvalue weighted by Crippen LogP contribution is 2.29. The van der Waals surface area contributed by atoms with E-state index >= 15 is 0 Å². The van der Waals surface area contributed by atoms with Crippen LogP contribution in [-0.4, -0.2) is 9.78 Å². The molecule has 0 aliphatic heterocycles. The van der Waals surface area contributed by atoms with Gasteiger partial charge in [0.15, 0.2) is 5.75 Å². The molecule has 1 aliphatic rings. The number of hydrogen-bond acceptors (Lipinski definition) is 2. The molecular weight excluding hydrogens is 224 g/mol. The van der Waals surface area contributed by atoms with Crippen LogP contribution in [0.2, 0.25) is 0 Å². The van der Waals surface area contributed by atoms with E-state index in [-0.39, 0.29) is 0 Å². The summed E-state index contributed by atoms with van der Waals surface area (Å²) in [5.41, 5.74) is 1.19. The molecule has 3 rings (SSSR count). The summed E-state index contributed by atoms with van der Waals surface area (Å²) in [6, 6.07) is 10.8. The first-order chi connectivity index (χ1) is 8.92. The molecule has 0 amide bonds. The van der Waals surface area contributed by atoms with Crippen LogP contribution < -0.4 is 4.74 Å². The van der Waals surface area contributed by atoms with Crippen molar-refractivity contribution in [2.75, 3.05) is 0 Å². The normalized spacial score (nSPS) is 16.0. The van der Waals surface area contributed by atoms with Gasteiger partial charge in [0.25, 0.3) is 0 Å². The molecule has 1 fully saturated rings. The summed E-state index contributed by atoms with van der Waals surface area (Å²) in [5, 5.41) is 4.40. The van der Waals surface area contributed by atoms with Crippen LogP contribution >= 0.6 is 0 Å². The lowest BCUT2D eigenvalue weighted by Crippen LogP contribution is -2.04. The van der Waals surface area contributed by atoms with Crippen molar-refractivity contribution in [2.45, 2.75) is 38.3 Å². The molecule has 1 heterocycles. The fourth-order valence-electron chi connectivity index (χ4n) is 2.50. The zero-order valence-electron chi connectivity index (χ0n) is 10.5. The Bertz CT molecular complexity index is 486. The molecule has 0 atom stereocenters. The molecule has 0 N–H and O–H groups in total. The van der Waals surface area contributed by atoms with Crippen LogP contribution in [0.4, 0.5) is 0 Å². The quantitative estimate of drug-likeness (QED) is 0.819. The van der Waals surface area contributed by atoms with Crippen molar-refractivity contribution in [1.82, 2.24) is 9.78 Å². The maximum atomic E-state index is 5.75. The minimum atomic E-state index is 0.582. The summed E-state index contributed by atoms with van der Waals surface area (Å²) in [6.07, 6.45) is 9.00. The Kier molecular flexibility index (Phi) is 3.31. The van der Waals surface area contributed by atoms with Gasteiger partial charge >= 0.3 is 0 Å². The van der Waals surface area contributed by atoms with Gasteiger partial charge in [0, 0.05) is 0 Å². The first-order valence-corrected chi connectivity index (χ1v) is 6.63. The smallest absolute Gasteiger partial charge is 0.157 e. The largest absolute Gasteiger partial charge is 0.486 e. The maximum absolute atomic E-state index is 5.75. The van der Waals surface area contributed by atoms with E-state index in [0.29, 0.717) is 12.6 Å². The Balaban J connectivity index is 1.60. The van der Waals surface area contributed by atoms with Crippen LogP contribution in [0.25, 0.3) is 0 Å². The van der Waals surface area contributed by atoms with Crippen molar-refractivity contribution in [3.63, 3.8) is 0 Å². The molecule has 0 spiro atoms. The van der Waals surface area contributed by atoms with Gasteiger partial charge in [0.05, 0.1) is 18.4 Å². The molecule has 1 aliphatic carbocycles. The highest BCUT2D eigenvalue weighted by molar-refractivity contribution is 5.17. The molecule has 3 nitrogen and oxygen atoms in total. The van der Waals surface area contributed by atoms with Gasteiger partial charge in [-0.2, -0.15) is 5.10 Å². The summed E-state index contributed by atoms with van der Waals surface area (Å²) in [4.78, 5) is 0. The first kappa shape index (κ1) is 11.3. The summed E-state index contributed by atoms with van der Waals surface area (Å²) in [7, 11) is 0. The third kappa shape index (κ3) is 2.55. The fourth-order valence-corrected chi connectivity index (χ4v) is 2.50. The van der Waals surface area contributed by atoms with Crippen molar-refractivity contribution in [3.8, 4) is 5.75 Å². The van der Waals surface area contributed by atoms with E-state index in [1.165, 1.54) is 31.2 Å². The second-order valence-electron chi connectivity index (χ2n) is 4.87. The van der Waals surface area contributed by atoms with E-state index in [1.807, 2.05) is 30.6 Å². The molecular formula is C15H18N2O. The van der Waals surface area contributed by atoms with Gasteiger partial charge < -0.3 is 4.74 Å². The highest BCUT2D eigenvalue weighted by Gasteiger charge is 2.17. The van der Waals surface area contributed by atoms with E-state index in [4.69, 9.17) is 4.74 Å². The van der Waals surface area contributed by atoms with Gasteiger partial charge in [0.1, 0.15) is 6.61 Å². The van der Waals surface area contributed by atoms with Gasteiger partial charge in [-0.05, 0) is 18.4 Å². The van der Waals surface area contributed by atoms with Crippen LogP contribution in [-0.2, 0) is 6.61 Å². The van der Waals surface area contributed by atoms with Crippen LogP contribution in [0.1, 0.15) is 37.3 Å². The number of hydrogen-bond donors (Lipinski definition) is 0. The van der Waals surface area contributed by atoms with E-state index < -0.39 is 0 Å². The van der Waals surface area contributed by atoms with E-state index in [9.17, 15) is 0 Å². The van der Waals surface area contributed by atoms with E-state index in [0.717, 1.165) is 5.75 Å². The molecule has 0 unspecified atom stereocenters. The predicted molar refractivity (Wildman–Crippen MR) is 70.5 cm³/mol. The highest BCUT2D eigenvalue weighted by atomic mass is 16.5. The Labute approximate surface area is 107 Å². The zero-order valence-corrected chi connectivity index (χ0v) is 10.5. The Morgan fingerprint density at radius 3 is 2.72 bits per heavy atom. The molecule has 2 aromatic rings. The second kappa shape index (κ2) is 5.25. The summed E-state index contributed by atoms with van der Waals surface area (Å²) >= 11 is 0. The predicted octanol–water partition coefficient (Wildman–Crippen LogP) is 3.58. The second-order valence-corrected chi connectivity index (χ2v) is 4.87. The standard InChI is InChI=1S/C15H18N2O/c1-2-6-13(7-3-1)12-18-15-10-16-17(11-15)14-8-4-5-9-14/h1-3,6-7,10-11,14H,4-5,8-9,12H2. The molecule has 1 saturated carbocycles. The Morgan fingerprint density at radius 2 is 1.94 bits per heavy atom. The van der Waals surface area contributed by atoms with Crippen molar-refractivity contribution in [2.24, 2.45) is 0 Å². The maximum Gasteiger partial charge on any atom is 0.157 e. The third-order valence-corrected chi connectivity index (χ3v) is 3.52. The average molecular weight is 242 g/mol. The molecule has 1 aromatic heterocycles. The van der Waals surface area contributed by atoms with Gasteiger partial charge in [0.2, 0.25) is 0 Å². The lowest BCUT2D eigenvalue weighted by atomic mass is 10.2. The summed E-state index contributed by atoms with van der Waals surface area (Å²) in [5.74, 6) is 0.866. The molecule has 94 valence electrons. The van der Waals surface area contributed by atoms with Gasteiger partial charge in [-0.25, -0.2) is 0 Å². The monoisotopic (exact) mass is 242 g/mol. The number of ether oxygens (including phenoxy) is 1. The molecule has 3 heteroatoms. The van der Waals surface area contributed by atoms with Crippen molar-refractivity contribution in [3.05, 3.63) is 48.3 Å². The minimum Gasteiger partial charge on any atom is -0.486 e. The lowest BCUT2D eigenvalue weighted by Gasteiger charge is -2.08. The number of rotatable bonds is 4. The minimum absolute atomic E-state index is 0.582. The number of nitrogens with zero attached hydrogens (tertiary/aromatic N) is 2. The summed E-state index contributed by atoms with van der Waals surface area (Å²) in [6.45, 7) is 0.608. The molecule has 0 bridgehead atoms. The average Bonchev–Trinajstić information content (AvgIpc) is 3.08. The van der Waals surface area contributed by atoms with Crippen LogP contribution in [0, 0.1) is 0 Å². The third-order valence-electron chi connectivity index (χ3n) is 3.52. The fraction of sp³-hybridized carbons (Fsp3) is 0.400.